The molecule has 0 unspecified atom stereocenters. The number of ether oxygens (including phenoxy) is 1. The fourth-order valence-electron chi connectivity index (χ4n) is 1.73. The molecule has 2 nitrogen and oxygen atoms in total. The summed E-state index contributed by atoms with van der Waals surface area (Å²) in [6, 6.07) is 0. The third kappa shape index (κ3) is 2.17. The second kappa shape index (κ2) is 3.11. The fraction of sp³-hybridized carbons (Fsp3) is 1.00. The van der Waals surface area contributed by atoms with Gasteiger partial charge >= 0.3 is 0 Å². The van der Waals surface area contributed by atoms with Crippen molar-refractivity contribution in [2.45, 2.75) is 33.3 Å². The van der Waals surface area contributed by atoms with Gasteiger partial charge in [-0.25, -0.2) is 0 Å². The molecule has 1 aliphatic heterocycles. The highest BCUT2D eigenvalue weighted by molar-refractivity contribution is 4.82. The average Bonchev–Trinajstić information content (AvgIpc) is 1.86. The van der Waals surface area contributed by atoms with Crippen LogP contribution in [-0.2, 0) is 4.74 Å². The van der Waals surface area contributed by atoms with Gasteiger partial charge in [-0.2, -0.15) is 0 Å². The topological polar surface area (TPSA) is 29.5 Å². The standard InChI is InChI=1S/C9H18O2/c1-9(2,3)7-4-5-11-6-8(7)10/h7-8,10H,4-6H2,1-3H3/t7-,8+/m1/s1. The summed E-state index contributed by atoms with van der Waals surface area (Å²) >= 11 is 0. The zero-order valence-electron chi connectivity index (χ0n) is 7.63. The molecule has 0 aliphatic carbocycles. The van der Waals surface area contributed by atoms with Crippen LogP contribution in [0.5, 0.6) is 0 Å². The minimum absolute atomic E-state index is 0.212. The molecule has 11 heavy (non-hydrogen) atoms. The molecule has 0 amide bonds. The lowest BCUT2D eigenvalue weighted by Gasteiger charge is -2.37. The molecule has 0 aromatic heterocycles. The predicted molar refractivity (Wildman–Crippen MR) is 44.4 cm³/mol. The number of hydrogen-bond donors (Lipinski definition) is 1. The van der Waals surface area contributed by atoms with E-state index in [2.05, 4.69) is 20.8 Å². The maximum absolute atomic E-state index is 9.58. The highest BCUT2D eigenvalue weighted by Crippen LogP contribution is 2.33. The largest absolute Gasteiger partial charge is 0.390 e. The molecule has 1 aliphatic rings. The average molecular weight is 158 g/mol. The summed E-state index contributed by atoms with van der Waals surface area (Å²) in [6.45, 7) is 7.84. The molecule has 1 rings (SSSR count). The molecule has 0 aromatic carbocycles. The Kier molecular flexibility index (Phi) is 2.55. The zero-order chi connectivity index (χ0) is 8.48. The van der Waals surface area contributed by atoms with Gasteiger partial charge in [0.25, 0.3) is 0 Å². The third-order valence-corrected chi connectivity index (χ3v) is 2.44. The summed E-state index contributed by atoms with van der Waals surface area (Å²) in [7, 11) is 0. The number of hydrogen-bond acceptors (Lipinski definition) is 2. The molecular weight excluding hydrogens is 140 g/mol. The SMILES string of the molecule is CC(C)(C)[C@@H]1CCOC[C@@H]1O. The van der Waals surface area contributed by atoms with Crippen LogP contribution in [0.3, 0.4) is 0 Å². The number of aliphatic hydroxyl groups is 1. The molecule has 1 fully saturated rings. The van der Waals surface area contributed by atoms with E-state index in [-0.39, 0.29) is 11.5 Å². The van der Waals surface area contributed by atoms with Gasteiger partial charge in [-0.3, -0.25) is 0 Å². The van der Waals surface area contributed by atoms with Crippen LogP contribution < -0.4 is 0 Å². The number of aliphatic hydroxyl groups excluding tert-OH is 1. The van der Waals surface area contributed by atoms with Crippen LogP contribution in [0.4, 0.5) is 0 Å². The van der Waals surface area contributed by atoms with Crippen molar-refractivity contribution in [3.05, 3.63) is 0 Å². The van der Waals surface area contributed by atoms with E-state index in [1.165, 1.54) is 0 Å². The first-order valence-electron chi connectivity index (χ1n) is 4.27. The zero-order valence-corrected chi connectivity index (χ0v) is 7.63. The lowest BCUT2D eigenvalue weighted by atomic mass is 9.75. The van der Waals surface area contributed by atoms with Crippen molar-refractivity contribution in [1.29, 1.82) is 0 Å². The summed E-state index contributed by atoms with van der Waals surface area (Å²) in [5.41, 5.74) is 0.212. The molecular formula is C9H18O2. The molecule has 0 radical (unpaired) electrons. The predicted octanol–water partition coefficient (Wildman–Crippen LogP) is 1.43. The quantitative estimate of drug-likeness (QED) is 0.578. The van der Waals surface area contributed by atoms with Gasteiger partial charge in [-0.15, -0.1) is 0 Å². The molecule has 0 bridgehead atoms. The van der Waals surface area contributed by atoms with Crippen molar-refractivity contribution in [2.75, 3.05) is 13.2 Å². The molecule has 1 heterocycles. The molecule has 1 saturated heterocycles. The van der Waals surface area contributed by atoms with E-state index >= 15 is 0 Å². The molecule has 1 N–H and O–H groups in total. The highest BCUT2D eigenvalue weighted by atomic mass is 16.5. The van der Waals surface area contributed by atoms with Crippen molar-refractivity contribution in [1.82, 2.24) is 0 Å². The van der Waals surface area contributed by atoms with Crippen LogP contribution in [0.15, 0.2) is 0 Å². The van der Waals surface area contributed by atoms with Crippen molar-refractivity contribution >= 4 is 0 Å². The summed E-state index contributed by atoms with van der Waals surface area (Å²) in [5.74, 6) is 0.399. The fourth-order valence-corrected chi connectivity index (χ4v) is 1.73. The van der Waals surface area contributed by atoms with Crippen molar-refractivity contribution in [3.63, 3.8) is 0 Å². The smallest absolute Gasteiger partial charge is 0.0807 e. The van der Waals surface area contributed by atoms with E-state index in [0.29, 0.717) is 12.5 Å². The Morgan fingerprint density at radius 3 is 2.36 bits per heavy atom. The van der Waals surface area contributed by atoms with Gasteiger partial charge < -0.3 is 9.84 Å². The van der Waals surface area contributed by atoms with Gasteiger partial charge in [-0.1, -0.05) is 20.8 Å². The van der Waals surface area contributed by atoms with Gasteiger partial charge in [0.1, 0.15) is 0 Å². The Morgan fingerprint density at radius 1 is 1.36 bits per heavy atom. The molecule has 2 atom stereocenters. The highest BCUT2D eigenvalue weighted by Gasteiger charge is 2.33. The molecule has 0 spiro atoms. The Morgan fingerprint density at radius 2 is 2.00 bits per heavy atom. The number of rotatable bonds is 0. The van der Waals surface area contributed by atoms with E-state index in [1.54, 1.807) is 0 Å². The van der Waals surface area contributed by atoms with Crippen LogP contribution in [0.2, 0.25) is 0 Å². The lowest BCUT2D eigenvalue weighted by Crippen LogP contribution is -2.39. The third-order valence-electron chi connectivity index (χ3n) is 2.44. The maximum Gasteiger partial charge on any atom is 0.0807 e. The maximum atomic E-state index is 9.58. The molecule has 2 heteroatoms. The van der Waals surface area contributed by atoms with Crippen molar-refractivity contribution in [3.8, 4) is 0 Å². The molecule has 66 valence electrons. The Hall–Kier alpha value is -0.0800. The summed E-state index contributed by atoms with van der Waals surface area (Å²) in [4.78, 5) is 0. The first-order chi connectivity index (χ1) is 5.02. The lowest BCUT2D eigenvalue weighted by molar-refractivity contribution is -0.0765. The Balaban J connectivity index is 2.55. The van der Waals surface area contributed by atoms with Crippen LogP contribution in [0.25, 0.3) is 0 Å². The summed E-state index contributed by atoms with van der Waals surface area (Å²) in [5, 5.41) is 9.58. The van der Waals surface area contributed by atoms with Gasteiger partial charge in [0.2, 0.25) is 0 Å². The van der Waals surface area contributed by atoms with Gasteiger partial charge in [0.05, 0.1) is 12.7 Å². The van der Waals surface area contributed by atoms with E-state index in [1.807, 2.05) is 0 Å². The van der Waals surface area contributed by atoms with Crippen LogP contribution >= 0.6 is 0 Å². The Bertz CT molecular complexity index is 126. The first kappa shape index (κ1) is 9.01. The Labute approximate surface area is 68.6 Å². The van der Waals surface area contributed by atoms with Crippen LogP contribution in [0.1, 0.15) is 27.2 Å². The van der Waals surface area contributed by atoms with Crippen molar-refractivity contribution in [2.24, 2.45) is 11.3 Å². The minimum atomic E-state index is -0.260. The minimum Gasteiger partial charge on any atom is -0.390 e. The van der Waals surface area contributed by atoms with E-state index < -0.39 is 0 Å². The van der Waals surface area contributed by atoms with Crippen LogP contribution in [-0.4, -0.2) is 24.4 Å². The van der Waals surface area contributed by atoms with E-state index in [4.69, 9.17) is 4.74 Å². The van der Waals surface area contributed by atoms with E-state index in [9.17, 15) is 5.11 Å². The second-order valence-electron chi connectivity index (χ2n) is 4.40. The monoisotopic (exact) mass is 158 g/mol. The second-order valence-corrected chi connectivity index (χ2v) is 4.40. The molecule has 0 saturated carbocycles. The van der Waals surface area contributed by atoms with E-state index in [0.717, 1.165) is 13.0 Å². The normalized spacial score (nSPS) is 33.8. The van der Waals surface area contributed by atoms with Gasteiger partial charge in [0, 0.05) is 6.61 Å². The van der Waals surface area contributed by atoms with Crippen molar-refractivity contribution < 1.29 is 9.84 Å². The summed E-state index contributed by atoms with van der Waals surface area (Å²) < 4.78 is 5.16. The van der Waals surface area contributed by atoms with Gasteiger partial charge in [0.15, 0.2) is 0 Å². The van der Waals surface area contributed by atoms with Crippen LogP contribution in [0, 0.1) is 11.3 Å². The molecule has 0 aromatic rings. The first-order valence-corrected chi connectivity index (χ1v) is 4.27. The van der Waals surface area contributed by atoms with Gasteiger partial charge in [-0.05, 0) is 17.8 Å². The summed E-state index contributed by atoms with van der Waals surface area (Å²) in [6.07, 6.45) is 0.730.